The molecule has 1 saturated heterocycles. The van der Waals surface area contributed by atoms with Crippen molar-refractivity contribution in [2.24, 2.45) is 0 Å². The summed E-state index contributed by atoms with van der Waals surface area (Å²) < 4.78 is -0.216. The van der Waals surface area contributed by atoms with E-state index in [1.165, 1.54) is 0 Å². The van der Waals surface area contributed by atoms with Gasteiger partial charge in [0.1, 0.15) is 0 Å². The Morgan fingerprint density at radius 1 is 1.32 bits per heavy atom. The maximum absolute atomic E-state index is 11.8. The Bertz CT molecular complexity index is 558. The minimum Gasteiger partial charge on any atom is -0.330 e. The van der Waals surface area contributed by atoms with Gasteiger partial charge in [0.05, 0.1) is 5.03 Å². The molecule has 0 aliphatic carbocycles. The average Bonchev–Trinajstić information content (AvgIpc) is 2.78. The first-order chi connectivity index (χ1) is 10.4. The van der Waals surface area contributed by atoms with Crippen molar-refractivity contribution in [3.05, 3.63) is 24.4 Å². The molecular weight excluding hydrogens is 304 g/mol. The number of aromatic nitrogens is 1. The van der Waals surface area contributed by atoms with Crippen LogP contribution in [0, 0.1) is 0 Å². The van der Waals surface area contributed by atoms with Gasteiger partial charge in [0.25, 0.3) is 11.8 Å². The zero-order chi connectivity index (χ0) is 16.2. The first-order valence-electron chi connectivity index (χ1n) is 7.04. The molecule has 0 bridgehead atoms. The standard InChI is InChI=1S/C15H18N2O4S/c1-15(2,22-11-5-3-4-10-16-11)9-8-14(20)21-17-12(18)6-7-13(17)19/h3-5,10H,6-9H2,1-2H3. The fourth-order valence-corrected chi connectivity index (χ4v) is 2.98. The quantitative estimate of drug-likeness (QED) is 0.591. The summed E-state index contributed by atoms with van der Waals surface area (Å²) in [4.78, 5) is 43.6. The lowest BCUT2D eigenvalue weighted by atomic mass is 10.1. The predicted molar refractivity (Wildman–Crippen MR) is 80.6 cm³/mol. The third-order valence-corrected chi connectivity index (χ3v) is 4.36. The van der Waals surface area contributed by atoms with E-state index in [1.807, 2.05) is 32.0 Å². The van der Waals surface area contributed by atoms with Gasteiger partial charge in [-0.05, 0) is 18.6 Å². The molecule has 1 aromatic heterocycles. The second-order valence-corrected chi connectivity index (χ2v) is 7.30. The van der Waals surface area contributed by atoms with Gasteiger partial charge in [0, 0.05) is 30.2 Å². The molecule has 0 aromatic carbocycles. The van der Waals surface area contributed by atoms with Gasteiger partial charge in [0.2, 0.25) is 0 Å². The maximum atomic E-state index is 11.8. The molecule has 2 amide bonds. The van der Waals surface area contributed by atoms with E-state index in [1.54, 1.807) is 18.0 Å². The maximum Gasteiger partial charge on any atom is 0.333 e. The number of thioether (sulfide) groups is 1. The molecule has 1 aliphatic heterocycles. The van der Waals surface area contributed by atoms with E-state index in [-0.39, 0.29) is 24.0 Å². The predicted octanol–water partition coefficient (Wildman–Crippen LogP) is 2.34. The Morgan fingerprint density at radius 2 is 2.00 bits per heavy atom. The molecule has 0 N–H and O–H groups in total. The number of hydrogen-bond acceptors (Lipinski definition) is 6. The number of imide groups is 1. The SMILES string of the molecule is CC(C)(CCC(=O)ON1C(=O)CCC1=O)Sc1ccccn1. The zero-order valence-corrected chi connectivity index (χ0v) is 13.4. The first-order valence-corrected chi connectivity index (χ1v) is 7.86. The topological polar surface area (TPSA) is 76.6 Å². The van der Waals surface area contributed by atoms with Gasteiger partial charge < -0.3 is 4.84 Å². The molecule has 2 heterocycles. The summed E-state index contributed by atoms with van der Waals surface area (Å²) in [6, 6.07) is 5.66. The smallest absolute Gasteiger partial charge is 0.330 e. The summed E-state index contributed by atoms with van der Waals surface area (Å²) in [5.41, 5.74) is 0. The van der Waals surface area contributed by atoms with Gasteiger partial charge in [-0.1, -0.05) is 19.9 Å². The second-order valence-electron chi connectivity index (χ2n) is 5.57. The summed E-state index contributed by atoms with van der Waals surface area (Å²) in [7, 11) is 0. The Kier molecular flexibility index (Phi) is 5.18. The van der Waals surface area contributed by atoms with Crippen LogP contribution >= 0.6 is 11.8 Å². The molecule has 2 rings (SSSR count). The Balaban J connectivity index is 1.82. The lowest BCUT2D eigenvalue weighted by molar-refractivity contribution is -0.197. The third kappa shape index (κ3) is 4.56. The molecule has 1 aromatic rings. The van der Waals surface area contributed by atoms with E-state index >= 15 is 0 Å². The highest BCUT2D eigenvalue weighted by Gasteiger charge is 2.33. The van der Waals surface area contributed by atoms with Crippen LogP contribution in [0.25, 0.3) is 0 Å². The minimum absolute atomic E-state index is 0.104. The lowest BCUT2D eigenvalue weighted by Crippen LogP contribution is -2.32. The molecule has 0 unspecified atom stereocenters. The van der Waals surface area contributed by atoms with Crippen LogP contribution < -0.4 is 0 Å². The summed E-state index contributed by atoms with van der Waals surface area (Å²) in [5.74, 6) is -1.49. The van der Waals surface area contributed by atoms with E-state index in [2.05, 4.69) is 4.98 Å². The van der Waals surface area contributed by atoms with Crippen LogP contribution in [-0.4, -0.2) is 32.6 Å². The van der Waals surface area contributed by atoms with Crippen molar-refractivity contribution in [2.45, 2.75) is 49.3 Å². The van der Waals surface area contributed by atoms with Gasteiger partial charge in [0.15, 0.2) is 0 Å². The fraction of sp³-hybridized carbons (Fsp3) is 0.467. The van der Waals surface area contributed by atoms with Crippen molar-refractivity contribution in [3.8, 4) is 0 Å². The summed E-state index contributed by atoms with van der Waals surface area (Å²) in [6.07, 6.45) is 2.60. The average molecular weight is 322 g/mol. The van der Waals surface area contributed by atoms with Crippen molar-refractivity contribution >= 4 is 29.5 Å². The Labute approximate surface area is 133 Å². The van der Waals surface area contributed by atoms with Crippen LogP contribution in [0.3, 0.4) is 0 Å². The van der Waals surface area contributed by atoms with Gasteiger partial charge in [-0.2, -0.15) is 0 Å². The van der Waals surface area contributed by atoms with Crippen LogP contribution in [0.1, 0.15) is 39.5 Å². The van der Waals surface area contributed by atoms with Crippen LogP contribution in [0.2, 0.25) is 0 Å². The number of hydroxylamine groups is 2. The largest absolute Gasteiger partial charge is 0.333 e. The lowest BCUT2D eigenvalue weighted by Gasteiger charge is -2.23. The molecule has 1 aliphatic rings. The molecule has 6 nitrogen and oxygen atoms in total. The van der Waals surface area contributed by atoms with Gasteiger partial charge >= 0.3 is 5.97 Å². The summed E-state index contributed by atoms with van der Waals surface area (Å²) in [5, 5.41) is 1.46. The van der Waals surface area contributed by atoms with E-state index in [0.717, 1.165) is 5.03 Å². The normalized spacial score (nSPS) is 15.3. The van der Waals surface area contributed by atoms with E-state index in [0.29, 0.717) is 11.5 Å². The van der Waals surface area contributed by atoms with Crippen LogP contribution in [0.5, 0.6) is 0 Å². The molecule has 0 radical (unpaired) electrons. The molecule has 0 atom stereocenters. The number of carbonyl (C=O) groups is 3. The van der Waals surface area contributed by atoms with Crippen molar-refractivity contribution in [3.63, 3.8) is 0 Å². The number of rotatable bonds is 6. The number of amides is 2. The zero-order valence-electron chi connectivity index (χ0n) is 12.6. The summed E-state index contributed by atoms with van der Waals surface area (Å²) in [6.45, 7) is 4.01. The molecule has 22 heavy (non-hydrogen) atoms. The first kappa shape index (κ1) is 16.5. The van der Waals surface area contributed by atoms with Gasteiger partial charge in [-0.25, -0.2) is 9.78 Å². The van der Waals surface area contributed by atoms with Crippen molar-refractivity contribution in [1.29, 1.82) is 0 Å². The fourth-order valence-electron chi connectivity index (χ4n) is 1.95. The monoisotopic (exact) mass is 322 g/mol. The van der Waals surface area contributed by atoms with Crippen molar-refractivity contribution < 1.29 is 19.2 Å². The van der Waals surface area contributed by atoms with E-state index in [9.17, 15) is 14.4 Å². The van der Waals surface area contributed by atoms with E-state index in [4.69, 9.17) is 4.84 Å². The second kappa shape index (κ2) is 6.91. The molecule has 0 spiro atoms. The highest BCUT2D eigenvalue weighted by atomic mass is 32.2. The van der Waals surface area contributed by atoms with Gasteiger partial charge in [-0.15, -0.1) is 16.8 Å². The number of hydrogen-bond donors (Lipinski definition) is 0. The van der Waals surface area contributed by atoms with Crippen molar-refractivity contribution in [1.82, 2.24) is 10.0 Å². The van der Waals surface area contributed by atoms with Gasteiger partial charge in [-0.3, -0.25) is 9.59 Å². The van der Waals surface area contributed by atoms with Crippen LogP contribution in [0.15, 0.2) is 29.4 Å². The van der Waals surface area contributed by atoms with Crippen molar-refractivity contribution in [2.75, 3.05) is 0 Å². The highest BCUT2D eigenvalue weighted by molar-refractivity contribution is 8.00. The Morgan fingerprint density at radius 3 is 2.59 bits per heavy atom. The van der Waals surface area contributed by atoms with Crippen LogP contribution in [0.4, 0.5) is 0 Å². The molecule has 118 valence electrons. The number of pyridine rings is 1. The number of carbonyl (C=O) groups excluding carboxylic acids is 3. The van der Waals surface area contributed by atoms with E-state index < -0.39 is 17.8 Å². The minimum atomic E-state index is -0.571. The van der Waals surface area contributed by atoms with Crippen LogP contribution in [-0.2, 0) is 19.2 Å². The summed E-state index contributed by atoms with van der Waals surface area (Å²) >= 11 is 1.57. The molecule has 7 heteroatoms. The molecule has 1 fully saturated rings. The molecule has 0 saturated carbocycles. The molecular formula is C15H18N2O4S. The highest BCUT2D eigenvalue weighted by Crippen LogP contribution is 2.34. The third-order valence-electron chi connectivity index (χ3n) is 3.15. The Hall–Kier alpha value is -1.89. The number of nitrogens with zero attached hydrogens (tertiary/aromatic N) is 2.